The van der Waals surface area contributed by atoms with Gasteiger partial charge in [-0.3, -0.25) is 0 Å². The quantitative estimate of drug-likeness (QED) is 0.854. The zero-order valence-electron chi connectivity index (χ0n) is 12.8. The number of aromatic nitrogens is 4. The van der Waals surface area contributed by atoms with Gasteiger partial charge in [0.15, 0.2) is 5.82 Å². The highest BCUT2D eigenvalue weighted by Gasteiger charge is 2.38. The summed E-state index contributed by atoms with van der Waals surface area (Å²) in [6.07, 6.45) is 5.18. The van der Waals surface area contributed by atoms with Crippen LogP contribution in [-0.4, -0.2) is 39.9 Å². The molecular formula is C15H19N5O2. The fourth-order valence-electron chi connectivity index (χ4n) is 2.97. The van der Waals surface area contributed by atoms with Gasteiger partial charge in [-0.1, -0.05) is 5.16 Å². The Morgan fingerprint density at radius 3 is 2.86 bits per heavy atom. The van der Waals surface area contributed by atoms with Crippen LogP contribution in [0.15, 0.2) is 16.8 Å². The first kappa shape index (κ1) is 13.6. The van der Waals surface area contributed by atoms with E-state index in [1.165, 1.54) is 12.8 Å². The second kappa shape index (κ2) is 5.31. The number of methoxy groups -OCH3 is 1. The van der Waals surface area contributed by atoms with Gasteiger partial charge in [0, 0.05) is 32.2 Å². The molecule has 0 radical (unpaired) electrons. The number of rotatable bonds is 4. The van der Waals surface area contributed by atoms with Gasteiger partial charge in [0.2, 0.25) is 5.89 Å². The van der Waals surface area contributed by atoms with Crippen LogP contribution in [0.1, 0.15) is 48.8 Å². The Kier molecular flexibility index (Phi) is 3.29. The van der Waals surface area contributed by atoms with Gasteiger partial charge in [0.25, 0.3) is 0 Å². The van der Waals surface area contributed by atoms with Gasteiger partial charge in [-0.2, -0.15) is 4.98 Å². The Labute approximate surface area is 128 Å². The summed E-state index contributed by atoms with van der Waals surface area (Å²) in [6, 6.07) is 1.95. The maximum Gasteiger partial charge on any atom is 0.249 e. The molecule has 1 saturated heterocycles. The second-order valence-corrected chi connectivity index (χ2v) is 5.99. The van der Waals surface area contributed by atoms with Crippen LogP contribution in [0.3, 0.4) is 0 Å². The third-order valence-electron chi connectivity index (χ3n) is 4.32. The molecule has 116 valence electrons. The van der Waals surface area contributed by atoms with E-state index in [-0.39, 0.29) is 12.1 Å². The molecule has 2 aromatic rings. The number of aryl methyl sites for hydroxylation is 1. The first-order valence-electron chi connectivity index (χ1n) is 7.67. The SMILES string of the molecule is CO[C@@H]1C[C@H](c2nc(C)no2)N(c2ccnc(C3CC3)n2)C1. The normalized spacial score (nSPS) is 24.9. The molecule has 2 aliphatic rings. The molecule has 1 saturated carbocycles. The molecule has 4 rings (SSSR count). The van der Waals surface area contributed by atoms with Gasteiger partial charge in [0.1, 0.15) is 17.7 Å². The highest BCUT2D eigenvalue weighted by molar-refractivity contribution is 5.42. The molecule has 0 N–H and O–H groups in total. The molecule has 22 heavy (non-hydrogen) atoms. The van der Waals surface area contributed by atoms with Crippen molar-refractivity contribution < 1.29 is 9.26 Å². The fourth-order valence-corrected chi connectivity index (χ4v) is 2.97. The molecule has 7 nitrogen and oxygen atoms in total. The van der Waals surface area contributed by atoms with Crippen LogP contribution >= 0.6 is 0 Å². The summed E-state index contributed by atoms with van der Waals surface area (Å²) in [6.45, 7) is 2.60. The van der Waals surface area contributed by atoms with Gasteiger partial charge in [-0.15, -0.1) is 0 Å². The van der Waals surface area contributed by atoms with Gasteiger partial charge < -0.3 is 14.2 Å². The number of ether oxygens (including phenoxy) is 1. The van der Waals surface area contributed by atoms with E-state index >= 15 is 0 Å². The van der Waals surface area contributed by atoms with E-state index in [0.29, 0.717) is 17.6 Å². The van der Waals surface area contributed by atoms with E-state index in [1.807, 2.05) is 19.2 Å². The summed E-state index contributed by atoms with van der Waals surface area (Å²) in [5.41, 5.74) is 0. The predicted octanol–water partition coefficient (Wildman–Crippen LogP) is 2.01. The van der Waals surface area contributed by atoms with Crippen molar-refractivity contribution in [1.29, 1.82) is 0 Å². The van der Waals surface area contributed by atoms with Gasteiger partial charge in [-0.25, -0.2) is 9.97 Å². The van der Waals surface area contributed by atoms with Crippen molar-refractivity contribution in [1.82, 2.24) is 20.1 Å². The highest BCUT2D eigenvalue weighted by atomic mass is 16.5. The summed E-state index contributed by atoms with van der Waals surface area (Å²) < 4.78 is 10.9. The molecule has 0 bridgehead atoms. The maximum atomic E-state index is 5.54. The molecule has 1 aliphatic carbocycles. The van der Waals surface area contributed by atoms with Crippen molar-refractivity contribution in [3.8, 4) is 0 Å². The number of anilines is 1. The Morgan fingerprint density at radius 1 is 1.32 bits per heavy atom. The Bertz CT molecular complexity index is 669. The van der Waals surface area contributed by atoms with E-state index in [4.69, 9.17) is 14.2 Å². The van der Waals surface area contributed by atoms with Crippen LogP contribution in [0.2, 0.25) is 0 Å². The topological polar surface area (TPSA) is 77.2 Å². The Morgan fingerprint density at radius 2 is 2.18 bits per heavy atom. The third kappa shape index (κ3) is 2.45. The molecule has 7 heteroatoms. The van der Waals surface area contributed by atoms with Crippen molar-refractivity contribution in [2.75, 3.05) is 18.6 Å². The van der Waals surface area contributed by atoms with Crippen LogP contribution in [0, 0.1) is 6.92 Å². The van der Waals surface area contributed by atoms with E-state index in [9.17, 15) is 0 Å². The second-order valence-electron chi connectivity index (χ2n) is 5.99. The lowest BCUT2D eigenvalue weighted by atomic mass is 10.2. The van der Waals surface area contributed by atoms with E-state index < -0.39 is 0 Å². The van der Waals surface area contributed by atoms with Crippen molar-refractivity contribution in [2.45, 2.75) is 44.2 Å². The van der Waals surface area contributed by atoms with Crippen molar-refractivity contribution in [2.24, 2.45) is 0 Å². The lowest BCUT2D eigenvalue weighted by molar-refractivity contribution is 0.117. The minimum absolute atomic E-state index is 0.00750. The maximum absolute atomic E-state index is 5.54. The summed E-state index contributed by atoms with van der Waals surface area (Å²) >= 11 is 0. The highest BCUT2D eigenvalue weighted by Crippen LogP contribution is 2.40. The van der Waals surface area contributed by atoms with Crippen LogP contribution in [-0.2, 0) is 4.74 Å². The largest absolute Gasteiger partial charge is 0.380 e. The minimum atomic E-state index is 0.00750. The number of nitrogens with zero attached hydrogens (tertiary/aromatic N) is 5. The van der Waals surface area contributed by atoms with Gasteiger partial charge in [0.05, 0.1) is 6.10 Å². The number of hydrogen-bond acceptors (Lipinski definition) is 7. The summed E-state index contributed by atoms with van der Waals surface area (Å²) in [4.78, 5) is 15.7. The molecule has 0 aromatic carbocycles. The van der Waals surface area contributed by atoms with Gasteiger partial charge in [-0.05, 0) is 25.8 Å². The fraction of sp³-hybridized carbons (Fsp3) is 0.600. The van der Waals surface area contributed by atoms with Crippen molar-refractivity contribution in [3.63, 3.8) is 0 Å². The molecular weight excluding hydrogens is 282 g/mol. The molecule has 3 heterocycles. The molecule has 2 atom stereocenters. The molecule has 0 unspecified atom stereocenters. The Hall–Kier alpha value is -2.02. The monoisotopic (exact) mass is 301 g/mol. The van der Waals surface area contributed by atoms with Crippen LogP contribution < -0.4 is 4.90 Å². The van der Waals surface area contributed by atoms with Crippen LogP contribution in [0.5, 0.6) is 0 Å². The molecule has 2 aromatic heterocycles. The zero-order valence-corrected chi connectivity index (χ0v) is 12.8. The average Bonchev–Trinajstić information content (AvgIpc) is 3.16. The molecule has 1 aliphatic heterocycles. The average molecular weight is 301 g/mol. The van der Waals surface area contributed by atoms with Crippen molar-refractivity contribution in [3.05, 3.63) is 29.8 Å². The summed E-state index contributed by atoms with van der Waals surface area (Å²) in [5, 5.41) is 3.91. The van der Waals surface area contributed by atoms with E-state index in [1.54, 1.807) is 7.11 Å². The van der Waals surface area contributed by atoms with E-state index in [2.05, 4.69) is 20.0 Å². The summed E-state index contributed by atoms with van der Waals surface area (Å²) in [5.74, 6) is 3.67. The van der Waals surface area contributed by atoms with Crippen LogP contribution in [0.25, 0.3) is 0 Å². The standard InChI is InChI=1S/C15H19N5O2/c1-9-17-15(22-19-9)12-7-11(21-2)8-20(12)13-5-6-16-14(18-13)10-3-4-10/h5-6,10-12H,3-4,7-8H2,1-2H3/t11-,12-/m1/s1. The third-order valence-corrected chi connectivity index (χ3v) is 4.32. The summed E-state index contributed by atoms with van der Waals surface area (Å²) in [7, 11) is 1.74. The molecule has 2 fully saturated rings. The van der Waals surface area contributed by atoms with Crippen LogP contribution in [0.4, 0.5) is 5.82 Å². The lowest BCUT2D eigenvalue weighted by Crippen LogP contribution is -2.26. The van der Waals surface area contributed by atoms with E-state index in [0.717, 1.165) is 24.6 Å². The van der Waals surface area contributed by atoms with Gasteiger partial charge >= 0.3 is 0 Å². The zero-order chi connectivity index (χ0) is 15.1. The molecule has 0 amide bonds. The molecule has 0 spiro atoms. The lowest BCUT2D eigenvalue weighted by Gasteiger charge is -2.22. The Balaban J connectivity index is 1.66. The van der Waals surface area contributed by atoms with Crippen molar-refractivity contribution >= 4 is 5.82 Å². The first-order valence-corrected chi connectivity index (χ1v) is 7.67. The minimum Gasteiger partial charge on any atom is -0.380 e. The smallest absolute Gasteiger partial charge is 0.249 e. The number of hydrogen-bond donors (Lipinski definition) is 0. The predicted molar refractivity (Wildman–Crippen MR) is 78.5 cm³/mol. The first-order chi connectivity index (χ1) is 10.7.